The molecule has 4 aliphatic carbocycles. The molecule has 166 valence electrons. The molecule has 0 spiro atoms. The second kappa shape index (κ2) is 9.70. The second-order valence-electron chi connectivity index (χ2n) is 9.94. The Bertz CT molecular complexity index is 900. The van der Waals surface area contributed by atoms with Gasteiger partial charge in [0.1, 0.15) is 18.0 Å². The van der Waals surface area contributed by atoms with Gasteiger partial charge < -0.3 is 24.0 Å². The monoisotopic (exact) mass is 484 g/mol. The predicted molar refractivity (Wildman–Crippen MR) is 101 cm³/mol. The minimum Gasteiger partial charge on any atom is -0.790 e. The molecule has 0 aromatic carbocycles. The van der Waals surface area contributed by atoms with E-state index in [2.05, 4.69) is 11.4 Å². The summed E-state index contributed by atoms with van der Waals surface area (Å²) < 4.78 is 14.9. The number of ketones is 3. The molecule has 4 aliphatic rings. The number of aliphatic hydroxyl groups is 1. The normalized spacial score (nSPS) is 40.8. The summed E-state index contributed by atoms with van der Waals surface area (Å²) in [5.74, 6) is -1.13. The zero-order valence-corrected chi connectivity index (χ0v) is 24.1. The zero-order valence-electron chi connectivity index (χ0n) is 19.2. The summed E-state index contributed by atoms with van der Waals surface area (Å²) in [4.78, 5) is 59.7. The van der Waals surface area contributed by atoms with E-state index >= 15 is 0 Å². The van der Waals surface area contributed by atoms with Gasteiger partial charge in [0, 0.05) is 24.2 Å². The van der Waals surface area contributed by atoms with E-state index in [1.165, 1.54) is 0 Å². The van der Waals surface area contributed by atoms with Gasteiger partial charge in [-0.1, -0.05) is 19.4 Å². The minimum absolute atomic E-state index is 0. The van der Waals surface area contributed by atoms with E-state index in [-0.39, 0.29) is 107 Å². The summed E-state index contributed by atoms with van der Waals surface area (Å²) in [5, 5.41) is 11.3. The molecule has 11 heteroatoms. The number of phosphoric acid groups is 1. The van der Waals surface area contributed by atoms with Crippen LogP contribution in [0.1, 0.15) is 58.8 Å². The topological polar surface area (TPSA) is 144 Å². The van der Waals surface area contributed by atoms with Crippen LogP contribution >= 0.6 is 7.82 Å². The van der Waals surface area contributed by atoms with Gasteiger partial charge in [-0.25, -0.2) is 0 Å². The van der Waals surface area contributed by atoms with Crippen molar-refractivity contribution in [3.63, 3.8) is 0 Å². The van der Waals surface area contributed by atoms with Crippen molar-refractivity contribution in [3.8, 4) is 0 Å². The molecular weight excluding hydrogens is 457 g/mol. The molecule has 3 unspecified atom stereocenters. The van der Waals surface area contributed by atoms with Crippen LogP contribution in [-0.4, -0.2) is 34.7 Å². The maximum Gasteiger partial charge on any atom is 1.00 e. The molecule has 8 nitrogen and oxygen atoms in total. The van der Waals surface area contributed by atoms with Crippen LogP contribution < -0.4 is 68.9 Å². The Labute approximate surface area is 232 Å². The Hall–Kier alpha value is 0.820. The van der Waals surface area contributed by atoms with Gasteiger partial charge in [-0.3, -0.25) is 14.4 Å². The molecule has 0 aromatic rings. The van der Waals surface area contributed by atoms with Gasteiger partial charge in [0.25, 0.3) is 0 Å². The summed E-state index contributed by atoms with van der Waals surface area (Å²) >= 11 is 0. The van der Waals surface area contributed by atoms with Crippen molar-refractivity contribution in [2.75, 3.05) is 6.61 Å². The first-order valence-corrected chi connectivity index (χ1v) is 12.0. The molecule has 0 aromatic heterocycles. The van der Waals surface area contributed by atoms with Crippen LogP contribution in [0.15, 0.2) is 11.6 Å². The number of carbonyl (C=O) groups is 3. The van der Waals surface area contributed by atoms with Crippen LogP contribution in [0.3, 0.4) is 0 Å². The number of Topliss-reactive ketones (excluding diaryl/α,β-unsaturated/α-hetero) is 2. The van der Waals surface area contributed by atoms with Gasteiger partial charge in [0.2, 0.25) is 0 Å². The third-order valence-corrected chi connectivity index (χ3v) is 9.07. The number of phosphoric ester groups is 1. The number of rotatable bonds is 4. The molecule has 0 radical (unpaired) electrons. The maximum atomic E-state index is 13.4. The zero-order chi connectivity index (χ0) is 22.1. The minimum atomic E-state index is -5.35. The fraction of sp³-hybridized carbons (Fsp3) is 0.762. The van der Waals surface area contributed by atoms with Crippen molar-refractivity contribution in [2.45, 2.75) is 64.4 Å². The van der Waals surface area contributed by atoms with E-state index in [0.29, 0.717) is 32.1 Å². The number of carbonyl (C=O) groups excluding carboxylic acids is 3. The van der Waals surface area contributed by atoms with E-state index < -0.39 is 31.2 Å². The van der Waals surface area contributed by atoms with E-state index in [1.54, 1.807) is 13.0 Å². The summed E-state index contributed by atoms with van der Waals surface area (Å²) in [5.41, 5.74) is -2.28. The van der Waals surface area contributed by atoms with E-state index in [4.69, 9.17) is 0 Å². The van der Waals surface area contributed by atoms with Crippen molar-refractivity contribution in [1.29, 1.82) is 0 Å². The molecule has 0 heterocycles. The van der Waals surface area contributed by atoms with Gasteiger partial charge >= 0.3 is 59.1 Å². The van der Waals surface area contributed by atoms with E-state index in [9.17, 15) is 33.8 Å². The fourth-order valence-electron chi connectivity index (χ4n) is 7.10. The quantitative estimate of drug-likeness (QED) is 0.308. The molecule has 6 atom stereocenters. The smallest absolute Gasteiger partial charge is 0.790 e. The summed E-state index contributed by atoms with van der Waals surface area (Å²) in [6, 6.07) is 0. The summed E-state index contributed by atoms with van der Waals surface area (Å²) in [6.45, 7) is 2.77. The third kappa shape index (κ3) is 4.53. The Kier molecular flexibility index (Phi) is 8.81. The molecule has 3 saturated carbocycles. The van der Waals surface area contributed by atoms with E-state index in [1.807, 2.05) is 0 Å². The molecule has 0 aliphatic heterocycles. The number of hydrogen-bond donors (Lipinski definition) is 1. The summed E-state index contributed by atoms with van der Waals surface area (Å²) in [6.07, 6.45) is 4.83. The van der Waals surface area contributed by atoms with Crippen molar-refractivity contribution in [1.82, 2.24) is 0 Å². The van der Waals surface area contributed by atoms with Crippen molar-refractivity contribution in [2.24, 2.45) is 28.6 Å². The van der Waals surface area contributed by atoms with Gasteiger partial charge in [-0.15, -0.1) is 0 Å². The largest absolute Gasteiger partial charge is 1.00 e. The Morgan fingerprint density at radius 2 is 1.84 bits per heavy atom. The molecule has 3 fully saturated rings. The second-order valence-corrected chi connectivity index (χ2v) is 11.1. The van der Waals surface area contributed by atoms with Gasteiger partial charge in [-0.2, -0.15) is 0 Å². The Balaban J connectivity index is 0.00000181. The number of fused-ring (bicyclic) bond motifs is 5. The molecule has 4 rings (SSSR count). The van der Waals surface area contributed by atoms with Crippen LogP contribution in [0, 0.1) is 28.6 Å². The van der Waals surface area contributed by atoms with Crippen LogP contribution in [0.2, 0.25) is 0 Å². The summed E-state index contributed by atoms with van der Waals surface area (Å²) in [7, 11) is -5.35. The molecule has 0 amide bonds. The Morgan fingerprint density at radius 3 is 2.47 bits per heavy atom. The van der Waals surface area contributed by atoms with Crippen molar-refractivity contribution >= 4 is 25.2 Å². The number of allylic oxidation sites excluding steroid dienone is 1. The Morgan fingerprint density at radius 1 is 1.19 bits per heavy atom. The first kappa shape index (κ1) is 29.1. The van der Waals surface area contributed by atoms with Crippen molar-refractivity contribution < 1.29 is 97.5 Å². The van der Waals surface area contributed by atoms with Crippen molar-refractivity contribution in [3.05, 3.63) is 11.6 Å². The molecule has 0 saturated heterocycles. The predicted octanol–water partition coefficient (Wildman–Crippen LogP) is -5.15. The number of hydrogen-bond acceptors (Lipinski definition) is 8. The third-order valence-electron chi connectivity index (χ3n) is 8.62. The molecule has 0 bridgehead atoms. The average molecular weight is 484 g/mol. The molecule has 32 heavy (non-hydrogen) atoms. The van der Waals surface area contributed by atoms with Crippen LogP contribution in [0.5, 0.6) is 0 Å². The first-order valence-electron chi connectivity index (χ1n) is 10.5. The fourth-order valence-corrected chi connectivity index (χ4v) is 7.38. The first-order chi connectivity index (χ1) is 13.8. The molecule has 1 N–H and O–H groups in total. The molecular formula is C21H27Na2O8P. The average Bonchev–Trinajstić information content (AvgIpc) is 2.91. The van der Waals surface area contributed by atoms with E-state index in [0.717, 1.165) is 5.57 Å². The maximum absolute atomic E-state index is 13.4. The van der Waals surface area contributed by atoms with Gasteiger partial charge in [-0.05, 0) is 55.4 Å². The SMILES string of the molecule is C[C@]12CCC(=O)C=C1CCC1C2C(=O)C[C@@]2(C)C1CC[C@]2(O)C(=O)COP(=O)([O-])[O-].[Na+].[Na+]. The van der Waals surface area contributed by atoms with Gasteiger partial charge in [0.05, 0.1) is 7.82 Å². The van der Waals surface area contributed by atoms with Gasteiger partial charge in [0.15, 0.2) is 11.6 Å². The van der Waals surface area contributed by atoms with Crippen LogP contribution in [0.25, 0.3) is 0 Å². The van der Waals surface area contributed by atoms with Crippen LogP contribution in [-0.2, 0) is 23.5 Å². The standard InChI is InChI=1S/C21H29O8P.2Na/c1-19-7-5-13(22)9-12(19)3-4-14-15-6-8-21(25,17(24)11-29-30(26,27)28)20(15,2)10-16(23)18(14)19;;/h9,14-15,18,25H,3-8,10-11H2,1-2H3,(H2,26,27,28);;/q;2*+1/p-2/t14?,15?,18?,19-,20-,21-;;/m0../s1. The van der Waals surface area contributed by atoms with Crippen LogP contribution in [0.4, 0.5) is 0 Å².